The van der Waals surface area contributed by atoms with Crippen LogP contribution < -0.4 is 10.1 Å². The number of carbonyl (C=O) groups is 1. The minimum absolute atomic E-state index is 0.185. The molecule has 0 radical (unpaired) electrons. The van der Waals surface area contributed by atoms with Crippen molar-refractivity contribution in [3.8, 4) is 5.75 Å². The SMILES string of the molecule is C[C@@H](Oc1ccc(I)cc1)C(=O)Nc1ccccc1Br. The second-order valence-corrected chi connectivity index (χ2v) is 6.28. The van der Waals surface area contributed by atoms with Crippen LogP contribution in [0.3, 0.4) is 0 Å². The van der Waals surface area contributed by atoms with Gasteiger partial charge in [0.1, 0.15) is 5.75 Å². The van der Waals surface area contributed by atoms with Crippen LogP contribution in [0, 0.1) is 3.57 Å². The molecule has 0 saturated heterocycles. The molecule has 1 N–H and O–H groups in total. The summed E-state index contributed by atoms with van der Waals surface area (Å²) in [6, 6.07) is 15.0. The van der Waals surface area contributed by atoms with Gasteiger partial charge >= 0.3 is 0 Å². The highest BCUT2D eigenvalue weighted by Crippen LogP contribution is 2.22. The number of nitrogens with one attached hydrogen (secondary N) is 1. The van der Waals surface area contributed by atoms with Crippen LogP contribution >= 0.6 is 38.5 Å². The quantitative estimate of drug-likeness (QED) is 0.705. The molecule has 5 heteroatoms. The molecule has 2 aromatic rings. The zero-order valence-corrected chi connectivity index (χ0v) is 14.5. The fourth-order valence-electron chi connectivity index (χ4n) is 1.57. The molecule has 0 aromatic heterocycles. The fraction of sp³-hybridized carbons (Fsp3) is 0.133. The Morgan fingerprint density at radius 3 is 2.50 bits per heavy atom. The lowest BCUT2D eigenvalue weighted by Crippen LogP contribution is -2.30. The van der Waals surface area contributed by atoms with Crippen molar-refractivity contribution in [1.29, 1.82) is 0 Å². The molecule has 20 heavy (non-hydrogen) atoms. The lowest BCUT2D eigenvalue weighted by Gasteiger charge is -2.15. The van der Waals surface area contributed by atoms with Gasteiger partial charge in [0.2, 0.25) is 0 Å². The molecule has 0 aliphatic rings. The van der Waals surface area contributed by atoms with E-state index >= 15 is 0 Å². The average Bonchev–Trinajstić information content (AvgIpc) is 2.44. The summed E-state index contributed by atoms with van der Waals surface area (Å²) in [7, 11) is 0. The molecule has 0 saturated carbocycles. The van der Waals surface area contributed by atoms with Crippen molar-refractivity contribution < 1.29 is 9.53 Å². The first-order chi connectivity index (χ1) is 9.56. The number of anilines is 1. The van der Waals surface area contributed by atoms with Gasteiger partial charge in [-0.15, -0.1) is 0 Å². The van der Waals surface area contributed by atoms with Crippen molar-refractivity contribution in [1.82, 2.24) is 0 Å². The zero-order chi connectivity index (χ0) is 14.5. The minimum Gasteiger partial charge on any atom is -0.481 e. The highest BCUT2D eigenvalue weighted by atomic mass is 127. The van der Waals surface area contributed by atoms with E-state index in [1.54, 1.807) is 6.92 Å². The summed E-state index contributed by atoms with van der Waals surface area (Å²) in [6.07, 6.45) is -0.567. The Morgan fingerprint density at radius 1 is 1.20 bits per heavy atom. The predicted molar refractivity (Wildman–Crippen MR) is 92.0 cm³/mol. The molecule has 0 aliphatic carbocycles. The summed E-state index contributed by atoms with van der Waals surface area (Å²) >= 11 is 5.61. The summed E-state index contributed by atoms with van der Waals surface area (Å²) in [4.78, 5) is 12.1. The summed E-state index contributed by atoms with van der Waals surface area (Å²) in [5, 5.41) is 2.83. The number of ether oxygens (including phenoxy) is 1. The van der Waals surface area contributed by atoms with Crippen molar-refractivity contribution in [2.45, 2.75) is 13.0 Å². The molecule has 0 bridgehead atoms. The lowest BCUT2D eigenvalue weighted by molar-refractivity contribution is -0.122. The molecule has 0 heterocycles. The average molecular weight is 446 g/mol. The van der Waals surface area contributed by atoms with Crippen molar-refractivity contribution in [2.75, 3.05) is 5.32 Å². The number of rotatable bonds is 4. The molecule has 0 unspecified atom stereocenters. The van der Waals surface area contributed by atoms with E-state index in [1.165, 1.54) is 0 Å². The van der Waals surface area contributed by atoms with Crippen LogP contribution in [0.15, 0.2) is 53.0 Å². The van der Waals surface area contributed by atoms with Crippen molar-refractivity contribution in [3.05, 3.63) is 56.6 Å². The number of hydrogen-bond acceptors (Lipinski definition) is 2. The smallest absolute Gasteiger partial charge is 0.265 e. The van der Waals surface area contributed by atoms with Gasteiger partial charge in [-0.1, -0.05) is 12.1 Å². The van der Waals surface area contributed by atoms with E-state index in [0.717, 1.165) is 13.7 Å². The fourth-order valence-corrected chi connectivity index (χ4v) is 2.31. The van der Waals surface area contributed by atoms with E-state index in [9.17, 15) is 4.79 Å². The lowest BCUT2D eigenvalue weighted by atomic mass is 10.3. The van der Waals surface area contributed by atoms with Crippen LogP contribution in [0.4, 0.5) is 5.69 Å². The molecule has 2 aromatic carbocycles. The van der Waals surface area contributed by atoms with Gasteiger partial charge in [-0.2, -0.15) is 0 Å². The first kappa shape index (κ1) is 15.3. The van der Waals surface area contributed by atoms with Gasteiger partial charge in [-0.3, -0.25) is 4.79 Å². The van der Waals surface area contributed by atoms with E-state index < -0.39 is 6.10 Å². The first-order valence-corrected chi connectivity index (χ1v) is 7.91. The van der Waals surface area contributed by atoms with Crippen molar-refractivity contribution in [3.63, 3.8) is 0 Å². The third-order valence-electron chi connectivity index (χ3n) is 2.63. The van der Waals surface area contributed by atoms with E-state index in [4.69, 9.17) is 4.74 Å². The molecular weight excluding hydrogens is 433 g/mol. The van der Waals surface area contributed by atoms with E-state index in [2.05, 4.69) is 43.8 Å². The van der Waals surface area contributed by atoms with Crippen molar-refractivity contribution >= 4 is 50.1 Å². The number of hydrogen-bond donors (Lipinski definition) is 1. The van der Waals surface area contributed by atoms with Crippen LogP contribution in [-0.4, -0.2) is 12.0 Å². The monoisotopic (exact) mass is 445 g/mol. The van der Waals surface area contributed by atoms with Gasteiger partial charge in [0.15, 0.2) is 6.10 Å². The molecule has 2 rings (SSSR count). The minimum atomic E-state index is -0.567. The highest BCUT2D eigenvalue weighted by molar-refractivity contribution is 14.1. The molecule has 0 spiro atoms. The number of amides is 1. The molecule has 3 nitrogen and oxygen atoms in total. The standard InChI is InChI=1S/C15H13BrINO2/c1-10(20-12-8-6-11(17)7-9-12)15(19)18-14-5-3-2-4-13(14)16/h2-10H,1H3,(H,18,19)/t10-/m1/s1. The first-order valence-electron chi connectivity index (χ1n) is 6.04. The Labute approximate surface area is 140 Å². The maximum atomic E-state index is 12.1. The summed E-state index contributed by atoms with van der Waals surface area (Å²) < 4.78 is 7.58. The van der Waals surface area contributed by atoms with Gasteiger partial charge in [-0.05, 0) is 81.8 Å². The topological polar surface area (TPSA) is 38.3 Å². The van der Waals surface area contributed by atoms with E-state index in [1.807, 2.05) is 48.5 Å². The Hall–Kier alpha value is -1.08. The third-order valence-corrected chi connectivity index (χ3v) is 4.04. The molecule has 0 fully saturated rings. The molecule has 104 valence electrons. The van der Waals surface area contributed by atoms with Gasteiger partial charge in [0.25, 0.3) is 5.91 Å². The second-order valence-electron chi connectivity index (χ2n) is 4.18. The Morgan fingerprint density at radius 2 is 1.85 bits per heavy atom. The maximum Gasteiger partial charge on any atom is 0.265 e. The number of benzene rings is 2. The Balaban J connectivity index is 1.99. The summed E-state index contributed by atoms with van der Waals surface area (Å²) in [6.45, 7) is 1.73. The molecule has 0 aliphatic heterocycles. The van der Waals surface area contributed by atoms with Crippen LogP contribution in [0.1, 0.15) is 6.92 Å². The van der Waals surface area contributed by atoms with E-state index in [0.29, 0.717) is 5.75 Å². The summed E-state index contributed by atoms with van der Waals surface area (Å²) in [5.41, 5.74) is 0.732. The molecule has 1 atom stereocenters. The van der Waals surface area contributed by atoms with Crippen LogP contribution in [0.5, 0.6) is 5.75 Å². The molecule has 1 amide bonds. The van der Waals surface area contributed by atoms with Crippen molar-refractivity contribution in [2.24, 2.45) is 0 Å². The van der Waals surface area contributed by atoms with Gasteiger partial charge in [-0.25, -0.2) is 0 Å². The number of para-hydroxylation sites is 1. The van der Waals surface area contributed by atoms with Crippen LogP contribution in [-0.2, 0) is 4.79 Å². The Bertz CT molecular complexity index is 601. The summed E-state index contributed by atoms with van der Waals surface area (Å²) in [5.74, 6) is 0.496. The van der Waals surface area contributed by atoms with E-state index in [-0.39, 0.29) is 5.91 Å². The second kappa shape index (κ2) is 7.08. The van der Waals surface area contributed by atoms with Crippen LogP contribution in [0.2, 0.25) is 0 Å². The number of halogens is 2. The van der Waals surface area contributed by atoms with Crippen LogP contribution in [0.25, 0.3) is 0 Å². The number of carbonyl (C=O) groups excluding carboxylic acids is 1. The maximum absolute atomic E-state index is 12.1. The molecular formula is C15H13BrINO2. The van der Waals surface area contributed by atoms with Gasteiger partial charge in [0.05, 0.1) is 5.69 Å². The Kier molecular flexibility index (Phi) is 5.42. The van der Waals surface area contributed by atoms with Gasteiger partial charge in [0, 0.05) is 8.04 Å². The predicted octanol–water partition coefficient (Wildman–Crippen LogP) is 4.46. The largest absolute Gasteiger partial charge is 0.481 e. The third kappa shape index (κ3) is 4.21. The normalized spacial score (nSPS) is 11.8. The van der Waals surface area contributed by atoms with Gasteiger partial charge < -0.3 is 10.1 Å². The zero-order valence-electron chi connectivity index (χ0n) is 10.8. The highest BCUT2D eigenvalue weighted by Gasteiger charge is 2.15.